The van der Waals surface area contributed by atoms with Crippen molar-refractivity contribution in [3.05, 3.63) is 24.0 Å². The van der Waals surface area contributed by atoms with Crippen LogP contribution in [0, 0.1) is 0 Å². The van der Waals surface area contributed by atoms with Gasteiger partial charge in [0.05, 0.1) is 24.2 Å². The van der Waals surface area contributed by atoms with Crippen LogP contribution in [0.1, 0.15) is 19.5 Å². The summed E-state index contributed by atoms with van der Waals surface area (Å²) in [6, 6.07) is 4.26. The topological polar surface area (TPSA) is 62.4 Å². The highest BCUT2D eigenvalue weighted by atomic mass is 16.3. The van der Waals surface area contributed by atoms with Crippen molar-refractivity contribution < 1.29 is 5.11 Å². The lowest BCUT2D eigenvalue weighted by atomic mass is 10.2. The molecule has 3 N–H and O–H groups in total. The summed E-state index contributed by atoms with van der Waals surface area (Å²) in [7, 11) is 0. The summed E-state index contributed by atoms with van der Waals surface area (Å²) in [5.74, 6) is 0. The highest BCUT2D eigenvalue weighted by molar-refractivity contribution is 5.45. The van der Waals surface area contributed by atoms with E-state index in [1.165, 1.54) is 0 Å². The maximum Gasteiger partial charge on any atom is 0.0606 e. The standard InChI is InChI=1S/C11H19N3O/c1-9(2)14(5-6-15)11-4-3-10(7-12)13-8-11/h3-4,8-9,15H,5-7,12H2,1-2H3. The fraction of sp³-hybridized carbons (Fsp3) is 0.545. The van der Waals surface area contributed by atoms with E-state index in [2.05, 4.69) is 23.7 Å². The van der Waals surface area contributed by atoms with Gasteiger partial charge in [0.25, 0.3) is 0 Å². The molecule has 84 valence electrons. The van der Waals surface area contributed by atoms with E-state index in [1.54, 1.807) is 6.20 Å². The molecule has 1 heterocycles. The maximum absolute atomic E-state index is 8.97. The Morgan fingerprint density at radius 3 is 2.60 bits per heavy atom. The highest BCUT2D eigenvalue weighted by Crippen LogP contribution is 2.15. The number of anilines is 1. The molecule has 0 aliphatic carbocycles. The van der Waals surface area contributed by atoms with Crippen molar-refractivity contribution in [1.29, 1.82) is 0 Å². The molecule has 0 unspecified atom stereocenters. The van der Waals surface area contributed by atoms with Crippen LogP contribution in [0.3, 0.4) is 0 Å². The van der Waals surface area contributed by atoms with Crippen molar-refractivity contribution in [2.75, 3.05) is 18.1 Å². The van der Waals surface area contributed by atoms with E-state index >= 15 is 0 Å². The molecule has 1 rings (SSSR count). The van der Waals surface area contributed by atoms with Crippen molar-refractivity contribution in [3.63, 3.8) is 0 Å². The first kappa shape index (κ1) is 11.9. The van der Waals surface area contributed by atoms with Gasteiger partial charge in [0.1, 0.15) is 0 Å². The Labute approximate surface area is 90.7 Å². The van der Waals surface area contributed by atoms with E-state index in [0.717, 1.165) is 11.4 Å². The third-order valence-electron chi connectivity index (χ3n) is 2.31. The Balaban J connectivity index is 2.81. The summed E-state index contributed by atoms with van der Waals surface area (Å²) in [6.07, 6.45) is 1.80. The maximum atomic E-state index is 8.97. The van der Waals surface area contributed by atoms with Crippen molar-refractivity contribution >= 4 is 5.69 Å². The van der Waals surface area contributed by atoms with Gasteiger partial charge in [-0.05, 0) is 26.0 Å². The van der Waals surface area contributed by atoms with E-state index in [0.29, 0.717) is 19.1 Å². The van der Waals surface area contributed by atoms with Gasteiger partial charge in [0.2, 0.25) is 0 Å². The minimum absolute atomic E-state index is 0.150. The summed E-state index contributed by atoms with van der Waals surface area (Å²) in [6.45, 7) is 5.42. The Morgan fingerprint density at radius 2 is 2.20 bits per heavy atom. The van der Waals surface area contributed by atoms with Crippen LogP contribution >= 0.6 is 0 Å². The molecule has 0 aliphatic rings. The van der Waals surface area contributed by atoms with Gasteiger partial charge in [-0.25, -0.2) is 0 Å². The second kappa shape index (κ2) is 5.68. The first-order valence-corrected chi connectivity index (χ1v) is 5.21. The molecule has 0 atom stereocenters. The number of nitrogens with two attached hydrogens (primary N) is 1. The van der Waals surface area contributed by atoms with E-state index in [9.17, 15) is 0 Å². The van der Waals surface area contributed by atoms with E-state index < -0.39 is 0 Å². The average Bonchev–Trinajstić information content (AvgIpc) is 2.26. The molecule has 0 saturated heterocycles. The Hall–Kier alpha value is -1.13. The molecule has 1 aromatic heterocycles. The Morgan fingerprint density at radius 1 is 1.47 bits per heavy atom. The smallest absolute Gasteiger partial charge is 0.0606 e. The van der Waals surface area contributed by atoms with Crippen molar-refractivity contribution in [2.45, 2.75) is 26.4 Å². The monoisotopic (exact) mass is 209 g/mol. The van der Waals surface area contributed by atoms with Gasteiger partial charge in [-0.2, -0.15) is 0 Å². The quantitative estimate of drug-likeness (QED) is 0.751. The van der Waals surface area contributed by atoms with Crippen molar-refractivity contribution in [1.82, 2.24) is 4.98 Å². The number of hydrogen-bond donors (Lipinski definition) is 2. The highest BCUT2D eigenvalue weighted by Gasteiger charge is 2.09. The van der Waals surface area contributed by atoms with Crippen LogP contribution in [0.15, 0.2) is 18.3 Å². The van der Waals surface area contributed by atoms with Gasteiger partial charge in [0.15, 0.2) is 0 Å². The van der Waals surface area contributed by atoms with Crippen molar-refractivity contribution in [3.8, 4) is 0 Å². The zero-order chi connectivity index (χ0) is 11.3. The molecule has 0 spiro atoms. The van der Waals surface area contributed by atoms with Crippen LogP contribution in [0.5, 0.6) is 0 Å². The third-order valence-corrected chi connectivity index (χ3v) is 2.31. The van der Waals surface area contributed by atoms with Gasteiger partial charge < -0.3 is 15.7 Å². The molecular weight excluding hydrogens is 190 g/mol. The Bertz CT molecular complexity index is 284. The number of nitrogens with zero attached hydrogens (tertiary/aromatic N) is 2. The first-order valence-electron chi connectivity index (χ1n) is 5.21. The van der Waals surface area contributed by atoms with Crippen LogP contribution in [-0.4, -0.2) is 29.3 Å². The average molecular weight is 209 g/mol. The molecular formula is C11H19N3O. The van der Waals surface area contributed by atoms with Crippen LogP contribution in [0.2, 0.25) is 0 Å². The SMILES string of the molecule is CC(C)N(CCO)c1ccc(CN)nc1. The number of aromatic nitrogens is 1. The van der Waals surface area contributed by atoms with E-state index in [4.69, 9.17) is 10.8 Å². The normalized spacial score (nSPS) is 10.7. The minimum Gasteiger partial charge on any atom is -0.395 e. The fourth-order valence-electron chi connectivity index (χ4n) is 1.50. The zero-order valence-corrected chi connectivity index (χ0v) is 9.35. The fourth-order valence-corrected chi connectivity index (χ4v) is 1.50. The molecule has 0 radical (unpaired) electrons. The molecule has 0 amide bonds. The molecule has 4 heteroatoms. The number of pyridine rings is 1. The molecule has 15 heavy (non-hydrogen) atoms. The lowest BCUT2D eigenvalue weighted by Crippen LogP contribution is -2.33. The molecule has 4 nitrogen and oxygen atoms in total. The summed E-state index contributed by atoms with van der Waals surface area (Å²) in [4.78, 5) is 6.34. The lowest BCUT2D eigenvalue weighted by Gasteiger charge is -2.27. The van der Waals surface area contributed by atoms with Gasteiger partial charge >= 0.3 is 0 Å². The van der Waals surface area contributed by atoms with Crippen LogP contribution in [0.4, 0.5) is 5.69 Å². The molecule has 0 aliphatic heterocycles. The van der Waals surface area contributed by atoms with E-state index in [-0.39, 0.29) is 6.61 Å². The van der Waals surface area contributed by atoms with Crippen molar-refractivity contribution in [2.24, 2.45) is 5.73 Å². The van der Waals surface area contributed by atoms with Gasteiger partial charge in [-0.3, -0.25) is 4.98 Å². The number of aliphatic hydroxyl groups is 1. The summed E-state index contributed by atoms with van der Waals surface area (Å²) < 4.78 is 0. The number of rotatable bonds is 5. The van der Waals surface area contributed by atoms with Crippen LogP contribution in [-0.2, 0) is 6.54 Å². The van der Waals surface area contributed by atoms with Gasteiger partial charge in [-0.1, -0.05) is 0 Å². The minimum atomic E-state index is 0.150. The molecule has 0 saturated carbocycles. The number of hydrogen-bond acceptors (Lipinski definition) is 4. The molecule has 0 fully saturated rings. The second-order valence-corrected chi connectivity index (χ2v) is 3.72. The van der Waals surface area contributed by atoms with Crippen LogP contribution < -0.4 is 10.6 Å². The third kappa shape index (κ3) is 3.18. The summed E-state index contributed by atoms with van der Waals surface area (Å²) in [5, 5.41) is 8.97. The summed E-state index contributed by atoms with van der Waals surface area (Å²) in [5.41, 5.74) is 7.38. The van der Waals surface area contributed by atoms with Crippen LogP contribution in [0.25, 0.3) is 0 Å². The predicted octanol–water partition coefficient (Wildman–Crippen LogP) is 0.747. The first-order chi connectivity index (χ1) is 7.19. The largest absolute Gasteiger partial charge is 0.395 e. The molecule has 1 aromatic rings. The van der Waals surface area contributed by atoms with Gasteiger partial charge in [-0.15, -0.1) is 0 Å². The number of aliphatic hydroxyl groups excluding tert-OH is 1. The predicted molar refractivity (Wildman–Crippen MR) is 61.7 cm³/mol. The lowest BCUT2D eigenvalue weighted by molar-refractivity contribution is 0.299. The zero-order valence-electron chi connectivity index (χ0n) is 9.35. The summed E-state index contributed by atoms with van der Waals surface area (Å²) >= 11 is 0. The second-order valence-electron chi connectivity index (χ2n) is 3.72. The molecule has 0 aromatic carbocycles. The Kier molecular flexibility index (Phi) is 4.52. The van der Waals surface area contributed by atoms with Gasteiger partial charge in [0, 0.05) is 19.1 Å². The van der Waals surface area contributed by atoms with E-state index in [1.807, 2.05) is 12.1 Å². The molecule has 0 bridgehead atoms.